The molecule has 10 nitrogen and oxygen atoms in total. The highest BCUT2D eigenvalue weighted by atomic mass is 35.5. The fraction of sp³-hybridized carbons (Fsp3) is 0.472. The summed E-state index contributed by atoms with van der Waals surface area (Å²) >= 11 is 13.4. The average molecular weight is 767 g/mol. The average Bonchev–Trinajstić information content (AvgIpc) is 3.65. The van der Waals surface area contributed by atoms with Crippen LogP contribution in [0.3, 0.4) is 0 Å². The van der Waals surface area contributed by atoms with E-state index >= 15 is 0 Å². The number of dihydropyridines is 1. The first kappa shape index (κ1) is 38.3. The zero-order valence-corrected chi connectivity index (χ0v) is 31.1. The number of amides is 1. The van der Waals surface area contributed by atoms with Crippen LogP contribution < -0.4 is 5.32 Å². The van der Waals surface area contributed by atoms with Crippen molar-refractivity contribution in [1.82, 2.24) is 15.1 Å². The van der Waals surface area contributed by atoms with Crippen molar-refractivity contribution in [3.63, 3.8) is 0 Å². The molecule has 50 heavy (non-hydrogen) atoms. The van der Waals surface area contributed by atoms with Gasteiger partial charge in [-0.05, 0) is 61.8 Å². The number of benzene rings is 2. The van der Waals surface area contributed by atoms with Gasteiger partial charge in [-0.15, -0.1) is 12.4 Å². The first-order chi connectivity index (χ1) is 23.6. The number of methoxy groups -OCH3 is 2. The number of aliphatic hydroxyl groups excluding tert-OH is 1. The third-order valence-corrected chi connectivity index (χ3v) is 12.4. The van der Waals surface area contributed by atoms with Crippen LogP contribution in [0.4, 0.5) is 0 Å². The van der Waals surface area contributed by atoms with Crippen molar-refractivity contribution in [2.24, 2.45) is 11.8 Å². The molecule has 2 N–H and O–H groups in total. The predicted molar refractivity (Wildman–Crippen MR) is 193 cm³/mol. The lowest BCUT2D eigenvalue weighted by molar-refractivity contribution is -0.137. The molecule has 1 saturated heterocycles. The maximum atomic E-state index is 14.0. The highest BCUT2D eigenvalue weighted by molar-refractivity contribution is 7.85. The molecule has 2 saturated carbocycles. The van der Waals surface area contributed by atoms with E-state index in [1.54, 1.807) is 47.4 Å². The Morgan fingerprint density at radius 2 is 1.40 bits per heavy atom. The Balaban J connectivity index is 0.00000486. The Bertz CT molecular complexity index is 1660. The summed E-state index contributed by atoms with van der Waals surface area (Å²) in [6, 6.07) is 14.1. The molecule has 2 aliphatic heterocycles. The van der Waals surface area contributed by atoms with Crippen LogP contribution in [-0.2, 0) is 34.7 Å². The van der Waals surface area contributed by atoms with Crippen molar-refractivity contribution in [3.8, 4) is 0 Å². The van der Waals surface area contributed by atoms with E-state index in [2.05, 4.69) is 10.2 Å². The lowest BCUT2D eigenvalue weighted by Gasteiger charge is -2.39. The van der Waals surface area contributed by atoms with Gasteiger partial charge in [-0.1, -0.05) is 47.5 Å². The van der Waals surface area contributed by atoms with Gasteiger partial charge < -0.3 is 24.8 Å². The Morgan fingerprint density at radius 3 is 1.96 bits per heavy atom. The van der Waals surface area contributed by atoms with Crippen molar-refractivity contribution < 1.29 is 33.2 Å². The lowest BCUT2D eigenvalue weighted by Crippen LogP contribution is -2.52. The van der Waals surface area contributed by atoms with Gasteiger partial charge in [-0.25, -0.2) is 9.59 Å². The normalized spacial score (nSPS) is 25.8. The molecule has 2 heterocycles. The Hall–Kier alpha value is -2.93. The van der Waals surface area contributed by atoms with Crippen molar-refractivity contribution >= 4 is 64.3 Å². The van der Waals surface area contributed by atoms with Crippen LogP contribution in [-0.4, -0.2) is 95.3 Å². The second-order valence-electron chi connectivity index (χ2n) is 13.1. The number of fused-ring (bicyclic) bond motifs is 1. The predicted octanol–water partition coefficient (Wildman–Crippen LogP) is 4.85. The van der Waals surface area contributed by atoms with Crippen molar-refractivity contribution in [2.75, 3.05) is 46.2 Å². The summed E-state index contributed by atoms with van der Waals surface area (Å²) in [4.78, 5) is 46.0. The zero-order valence-electron chi connectivity index (χ0n) is 27.9. The van der Waals surface area contributed by atoms with Crippen LogP contribution in [0.25, 0.3) is 0 Å². The monoisotopic (exact) mass is 765 g/mol. The molecule has 0 bridgehead atoms. The number of halogens is 3. The van der Waals surface area contributed by atoms with Crippen molar-refractivity contribution in [2.45, 2.75) is 55.1 Å². The summed E-state index contributed by atoms with van der Waals surface area (Å²) in [5.74, 6) is -1.92. The molecule has 0 radical (unpaired) electrons. The maximum absolute atomic E-state index is 14.0. The number of aliphatic hydroxyl groups is 1. The summed E-state index contributed by atoms with van der Waals surface area (Å²) in [6.45, 7) is 2.53. The fourth-order valence-corrected chi connectivity index (χ4v) is 9.81. The summed E-state index contributed by atoms with van der Waals surface area (Å²) in [7, 11) is 0.822. The number of esters is 2. The van der Waals surface area contributed by atoms with E-state index < -0.39 is 28.7 Å². The Labute approximate surface area is 311 Å². The summed E-state index contributed by atoms with van der Waals surface area (Å²) in [6.07, 6.45) is 3.57. The largest absolute Gasteiger partial charge is 0.466 e. The molecule has 6 rings (SSSR count). The summed E-state index contributed by atoms with van der Waals surface area (Å²) < 4.78 is 24.1. The van der Waals surface area contributed by atoms with Crippen LogP contribution >= 0.6 is 35.6 Å². The first-order valence-electron chi connectivity index (χ1n) is 16.6. The molecular formula is C36H42Cl3N3O7S. The van der Waals surface area contributed by atoms with E-state index in [1.807, 2.05) is 6.07 Å². The molecule has 4 aliphatic rings. The van der Waals surface area contributed by atoms with E-state index in [-0.39, 0.29) is 74.7 Å². The number of nitrogens with zero attached hydrogens (tertiary/aromatic N) is 2. The number of carbonyl (C=O) groups excluding carboxylic acids is 3. The number of rotatable bonds is 9. The third kappa shape index (κ3) is 7.93. The molecule has 2 aromatic rings. The topological polar surface area (TPSA) is 125 Å². The van der Waals surface area contributed by atoms with E-state index in [0.29, 0.717) is 35.9 Å². The molecule has 14 heteroatoms. The van der Waals surface area contributed by atoms with Gasteiger partial charge in [0.05, 0.1) is 60.4 Å². The number of piperazine rings is 1. The minimum atomic E-state index is -1.61. The standard InChI is InChI=1S/C36H41Cl2N3O7S.ClH/c1-47-35(44)32-28(19-30(43)41-13-11-40(12-14-41)23-15-21-17-24(42)18-22(21)16-23)39-29(20-49(46)25-7-4-3-5-8-25)33(36(45)48-2)34(32)31-26(37)9-6-10-27(31)38;/h3-10,21-24,34,39,42H,11-20H2,1-2H3;1H. The van der Waals surface area contributed by atoms with Crippen molar-refractivity contribution in [3.05, 3.63) is 86.7 Å². The number of carbonyl (C=O) groups is 3. The fourth-order valence-electron chi connectivity index (χ4n) is 8.08. The number of nitrogens with one attached hydrogen (secondary N) is 1. The third-order valence-electron chi connectivity index (χ3n) is 10.4. The highest BCUT2D eigenvalue weighted by Crippen LogP contribution is 2.47. The molecule has 3 fully saturated rings. The molecule has 2 aromatic carbocycles. The molecule has 0 spiro atoms. The van der Waals surface area contributed by atoms with Crippen LogP contribution in [0.5, 0.6) is 0 Å². The van der Waals surface area contributed by atoms with E-state index in [1.165, 1.54) is 14.2 Å². The maximum Gasteiger partial charge on any atom is 0.336 e. The van der Waals surface area contributed by atoms with Crippen LogP contribution in [0.2, 0.25) is 10.0 Å². The Morgan fingerprint density at radius 1 is 0.840 bits per heavy atom. The van der Waals surface area contributed by atoms with Gasteiger partial charge in [0.2, 0.25) is 5.91 Å². The molecule has 1 amide bonds. The van der Waals surface area contributed by atoms with Gasteiger partial charge in [0.25, 0.3) is 0 Å². The van der Waals surface area contributed by atoms with Gasteiger partial charge in [-0.3, -0.25) is 13.9 Å². The number of hydrogen-bond acceptors (Lipinski definition) is 9. The van der Waals surface area contributed by atoms with E-state index in [4.69, 9.17) is 32.7 Å². The molecular weight excluding hydrogens is 725 g/mol. The minimum Gasteiger partial charge on any atom is -0.466 e. The molecule has 4 unspecified atom stereocenters. The van der Waals surface area contributed by atoms with Gasteiger partial charge in [-0.2, -0.15) is 0 Å². The summed E-state index contributed by atoms with van der Waals surface area (Å²) in [5, 5.41) is 13.6. The highest BCUT2D eigenvalue weighted by Gasteiger charge is 2.45. The van der Waals surface area contributed by atoms with E-state index in [0.717, 1.165) is 38.8 Å². The van der Waals surface area contributed by atoms with Gasteiger partial charge in [0.1, 0.15) is 0 Å². The second-order valence-corrected chi connectivity index (χ2v) is 15.4. The quantitative estimate of drug-likeness (QED) is 0.345. The molecule has 4 atom stereocenters. The van der Waals surface area contributed by atoms with E-state index in [9.17, 15) is 23.7 Å². The molecule has 270 valence electrons. The van der Waals surface area contributed by atoms with Crippen LogP contribution in [0.15, 0.2) is 76.0 Å². The second kappa shape index (κ2) is 16.6. The first-order valence-corrected chi connectivity index (χ1v) is 18.6. The van der Waals surface area contributed by atoms with Crippen LogP contribution in [0.1, 0.15) is 43.6 Å². The smallest absolute Gasteiger partial charge is 0.336 e. The van der Waals surface area contributed by atoms with Gasteiger partial charge in [0, 0.05) is 64.1 Å². The molecule has 2 aliphatic carbocycles. The lowest BCUT2D eigenvalue weighted by atomic mass is 9.79. The van der Waals surface area contributed by atoms with Crippen LogP contribution in [0, 0.1) is 11.8 Å². The van der Waals surface area contributed by atoms with Gasteiger partial charge >= 0.3 is 11.9 Å². The minimum absolute atomic E-state index is 0. The zero-order chi connectivity index (χ0) is 34.8. The van der Waals surface area contributed by atoms with Crippen molar-refractivity contribution in [1.29, 1.82) is 0 Å². The SMILES string of the molecule is COC(=O)C1=C(CC(=O)N2CCN(C3CC4CC(O)CC4C3)CC2)NC(CS(=O)c2ccccc2)=C(C(=O)OC)C1c1c(Cl)cccc1Cl.Cl. The number of hydrogen-bond donors (Lipinski definition) is 2. The Kier molecular flexibility index (Phi) is 12.7. The molecule has 0 aromatic heterocycles. The number of ether oxygens (including phenoxy) is 2. The summed E-state index contributed by atoms with van der Waals surface area (Å²) in [5.41, 5.74) is 0.713. The van der Waals surface area contributed by atoms with Gasteiger partial charge in [0.15, 0.2) is 0 Å².